The zero-order valence-corrected chi connectivity index (χ0v) is 17.7. The summed E-state index contributed by atoms with van der Waals surface area (Å²) < 4.78 is 1.68. The van der Waals surface area contributed by atoms with Gasteiger partial charge in [0.2, 0.25) is 0 Å². The first-order chi connectivity index (χ1) is 13.2. The van der Waals surface area contributed by atoms with Crippen molar-refractivity contribution in [3.63, 3.8) is 0 Å². The van der Waals surface area contributed by atoms with Crippen molar-refractivity contribution in [2.24, 2.45) is 11.3 Å². The van der Waals surface area contributed by atoms with E-state index in [1.54, 1.807) is 40.0 Å². The number of halogens is 1. The second-order valence-electron chi connectivity index (χ2n) is 8.33. The molecule has 1 N–H and O–H groups in total. The molecule has 4 rings (SSSR count). The van der Waals surface area contributed by atoms with Crippen LogP contribution in [0.4, 0.5) is 5.69 Å². The van der Waals surface area contributed by atoms with Crippen LogP contribution in [-0.2, 0) is 12.8 Å². The molecular weight excluding hydrogens is 394 g/mol. The predicted molar refractivity (Wildman–Crippen MR) is 114 cm³/mol. The molecule has 0 aliphatic heterocycles. The minimum atomic E-state index is -0.354. The van der Waals surface area contributed by atoms with Gasteiger partial charge in [0, 0.05) is 21.2 Å². The van der Waals surface area contributed by atoms with E-state index in [1.165, 1.54) is 11.1 Å². The van der Waals surface area contributed by atoms with Crippen LogP contribution in [0.2, 0.25) is 5.02 Å². The highest BCUT2D eigenvalue weighted by Gasteiger charge is 2.31. The summed E-state index contributed by atoms with van der Waals surface area (Å²) in [6.07, 6.45) is 4.33. The number of carbonyl (C=O) groups excluding carboxylic acids is 1. The van der Waals surface area contributed by atoms with Crippen molar-refractivity contribution >= 4 is 39.5 Å². The van der Waals surface area contributed by atoms with Gasteiger partial charge in [0.25, 0.3) is 11.5 Å². The van der Waals surface area contributed by atoms with E-state index in [1.807, 2.05) is 0 Å². The first kappa shape index (κ1) is 19.2. The van der Waals surface area contributed by atoms with Gasteiger partial charge in [-0.1, -0.05) is 32.4 Å². The number of amides is 1. The van der Waals surface area contributed by atoms with Gasteiger partial charge in [0.15, 0.2) is 4.96 Å². The predicted octanol–water partition coefficient (Wildman–Crippen LogP) is 4.81. The highest BCUT2D eigenvalue weighted by atomic mass is 35.5. The fraction of sp³-hybridized carbons (Fsp3) is 0.381. The van der Waals surface area contributed by atoms with Crippen molar-refractivity contribution in [3.05, 3.63) is 62.0 Å². The first-order valence-corrected chi connectivity index (χ1v) is 10.5. The molecule has 2 heterocycles. The molecule has 0 saturated heterocycles. The first-order valence-electron chi connectivity index (χ1n) is 9.33. The number of anilines is 1. The van der Waals surface area contributed by atoms with Crippen LogP contribution in [0.25, 0.3) is 4.96 Å². The smallest absolute Gasteiger partial charge is 0.282 e. The van der Waals surface area contributed by atoms with Crippen LogP contribution in [0.1, 0.15) is 48.1 Å². The molecule has 0 bridgehead atoms. The summed E-state index contributed by atoms with van der Waals surface area (Å²) in [5, 5.41) is 3.25. The van der Waals surface area contributed by atoms with Crippen molar-refractivity contribution in [1.29, 1.82) is 0 Å². The summed E-state index contributed by atoms with van der Waals surface area (Å²) in [6.45, 7) is 6.81. The van der Waals surface area contributed by atoms with E-state index in [2.05, 4.69) is 31.1 Å². The summed E-state index contributed by atoms with van der Waals surface area (Å²) in [5.41, 5.74) is 1.69. The number of fused-ring (bicyclic) bond motifs is 3. The number of aryl methyl sites for hydroxylation is 1. The molecule has 1 amide bonds. The van der Waals surface area contributed by atoms with Crippen LogP contribution >= 0.6 is 22.9 Å². The molecule has 1 aliphatic rings. The lowest BCUT2D eigenvalue weighted by Crippen LogP contribution is -2.28. The molecule has 5 nitrogen and oxygen atoms in total. The Hall–Kier alpha value is -2.18. The normalized spacial score (nSPS) is 16.8. The highest BCUT2D eigenvalue weighted by molar-refractivity contribution is 7.17. The van der Waals surface area contributed by atoms with Crippen molar-refractivity contribution < 1.29 is 4.79 Å². The van der Waals surface area contributed by atoms with E-state index >= 15 is 0 Å². The van der Waals surface area contributed by atoms with Crippen LogP contribution < -0.4 is 10.9 Å². The van der Waals surface area contributed by atoms with Crippen LogP contribution in [0.3, 0.4) is 0 Å². The molecular formula is C21H22ClN3O2S. The maximum atomic E-state index is 13.1. The molecule has 146 valence electrons. The lowest BCUT2D eigenvalue weighted by Gasteiger charge is -2.33. The average molecular weight is 416 g/mol. The maximum absolute atomic E-state index is 13.1. The van der Waals surface area contributed by atoms with Crippen LogP contribution in [0, 0.1) is 11.3 Å². The molecule has 0 radical (unpaired) electrons. The Bertz CT molecular complexity index is 1110. The van der Waals surface area contributed by atoms with Gasteiger partial charge in [0.1, 0.15) is 5.69 Å². The van der Waals surface area contributed by atoms with Gasteiger partial charge < -0.3 is 5.32 Å². The fourth-order valence-corrected chi connectivity index (χ4v) is 5.04. The molecule has 7 heteroatoms. The standard InChI is InChI=1S/C21H22ClN3O2S/c1-21(2,3)13-6-9-16-17(10-13)28-20-23-11-15(19(27)25(16)20)24-18(26)12-4-7-14(22)8-5-12/h4-5,7-8,11,13H,6,9-10H2,1-3H3,(H,24,26)/t13-/m0/s1. The van der Waals surface area contributed by atoms with Crippen molar-refractivity contribution in [2.75, 3.05) is 5.32 Å². The van der Waals surface area contributed by atoms with Gasteiger partial charge in [-0.05, 0) is 54.9 Å². The molecule has 0 spiro atoms. The second kappa shape index (κ2) is 7.01. The van der Waals surface area contributed by atoms with Gasteiger partial charge in [-0.15, -0.1) is 11.3 Å². The topological polar surface area (TPSA) is 63.5 Å². The highest BCUT2D eigenvalue weighted by Crippen LogP contribution is 2.39. The summed E-state index contributed by atoms with van der Waals surface area (Å²) in [5.74, 6) is 0.236. The number of carbonyl (C=O) groups is 1. The fourth-order valence-electron chi connectivity index (χ4n) is 3.71. The van der Waals surface area contributed by atoms with Crippen molar-refractivity contribution in [2.45, 2.75) is 40.0 Å². The Balaban J connectivity index is 1.67. The Morgan fingerprint density at radius 2 is 2.00 bits per heavy atom. The van der Waals surface area contributed by atoms with Gasteiger partial charge >= 0.3 is 0 Å². The van der Waals surface area contributed by atoms with E-state index in [4.69, 9.17) is 11.6 Å². The summed E-state index contributed by atoms with van der Waals surface area (Å²) in [7, 11) is 0. The largest absolute Gasteiger partial charge is 0.316 e. The Morgan fingerprint density at radius 1 is 1.29 bits per heavy atom. The van der Waals surface area contributed by atoms with E-state index in [-0.39, 0.29) is 22.6 Å². The number of rotatable bonds is 2. The lowest BCUT2D eigenvalue weighted by molar-refractivity contribution is 0.102. The van der Waals surface area contributed by atoms with Gasteiger partial charge in [0.05, 0.1) is 6.20 Å². The van der Waals surface area contributed by atoms with Gasteiger partial charge in [-0.25, -0.2) is 4.98 Å². The number of hydrogen-bond acceptors (Lipinski definition) is 4. The molecule has 1 aliphatic carbocycles. The molecule has 1 aromatic carbocycles. The third-order valence-corrected chi connectivity index (χ3v) is 6.85. The molecule has 3 aromatic rings. The SMILES string of the molecule is CC(C)(C)[C@H]1CCc2c(sc3ncc(NC(=O)c4ccc(Cl)cc4)c(=O)n23)C1. The third kappa shape index (κ3) is 3.47. The monoisotopic (exact) mass is 415 g/mol. The summed E-state index contributed by atoms with van der Waals surface area (Å²) in [4.78, 5) is 31.9. The van der Waals surface area contributed by atoms with Gasteiger partial charge in [-0.2, -0.15) is 0 Å². The number of nitrogens with one attached hydrogen (secondary N) is 1. The zero-order valence-electron chi connectivity index (χ0n) is 16.1. The zero-order chi connectivity index (χ0) is 20.1. The van der Waals surface area contributed by atoms with Crippen LogP contribution in [-0.4, -0.2) is 15.3 Å². The minimum absolute atomic E-state index is 0.191. The van der Waals surface area contributed by atoms with E-state index in [9.17, 15) is 9.59 Å². The Morgan fingerprint density at radius 3 is 2.68 bits per heavy atom. The molecule has 1 atom stereocenters. The van der Waals surface area contributed by atoms with E-state index in [0.29, 0.717) is 21.5 Å². The minimum Gasteiger partial charge on any atom is -0.316 e. The number of thiazole rings is 1. The van der Waals surface area contributed by atoms with E-state index in [0.717, 1.165) is 25.0 Å². The maximum Gasteiger partial charge on any atom is 0.282 e. The number of benzene rings is 1. The quantitative estimate of drug-likeness (QED) is 0.653. The summed E-state index contributed by atoms with van der Waals surface area (Å²) in [6, 6.07) is 6.54. The Labute approximate surface area is 172 Å². The summed E-state index contributed by atoms with van der Waals surface area (Å²) >= 11 is 7.45. The number of nitrogens with zero attached hydrogens (tertiary/aromatic N) is 2. The lowest BCUT2D eigenvalue weighted by atomic mass is 9.73. The van der Waals surface area contributed by atoms with Crippen molar-refractivity contribution in [3.8, 4) is 0 Å². The number of aromatic nitrogens is 2. The molecule has 0 unspecified atom stereocenters. The third-order valence-electron chi connectivity index (χ3n) is 5.48. The van der Waals surface area contributed by atoms with Crippen LogP contribution in [0.5, 0.6) is 0 Å². The number of hydrogen-bond donors (Lipinski definition) is 1. The molecule has 0 fully saturated rings. The van der Waals surface area contributed by atoms with E-state index < -0.39 is 0 Å². The second-order valence-corrected chi connectivity index (χ2v) is 9.83. The van der Waals surface area contributed by atoms with Gasteiger partial charge in [-0.3, -0.25) is 14.0 Å². The van der Waals surface area contributed by atoms with Crippen molar-refractivity contribution in [1.82, 2.24) is 9.38 Å². The molecule has 2 aromatic heterocycles. The van der Waals surface area contributed by atoms with Crippen LogP contribution in [0.15, 0.2) is 35.3 Å². The molecule has 0 saturated carbocycles. The average Bonchev–Trinajstić information content (AvgIpc) is 3.02. The molecule has 28 heavy (non-hydrogen) atoms. The Kier molecular flexibility index (Phi) is 4.79.